The van der Waals surface area contributed by atoms with Crippen molar-refractivity contribution in [3.8, 4) is 0 Å². The van der Waals surface area contributed by atoms with Crippen molar-refractivity contribution in [1.29, 1.82) is 0 Å². The standard InChI is InChI=1S/C13H21N3/c1-12(2,3)10-9-11-13(5-6-13)15(4)7-8-16(11)14-10/h9H,5-8H2,1-4H3. The van der Waals surface area contributed by atoms with Crippen molar-refractivity contribution in [2.75, 3.05) is 13.6 Å². The van der Waals surface area contributed by atoms with Crippen molar-refractivity contribution >= 4 is 0 Å². The molecule has 2 aliphatic rings. The van der Waals surface area contributed by atoms with Crippen LogP contribution in [-0.4, -0.2) is 28.3 Å². The molecule has 3 heteroatoms. The highest BCUT2D eigenvalue weighted by atomic mass is 15.4. The fraction of sp³-hybridized carbons (Fsp3) is 0.769. The normalized spacial score (nSPS) is 23.5. The predicted octanol–water partition coefficient (Wildman–Crippen LogP) is 2.12. The fourth-order valence-corrected chi connectivity index (χ4v) is 2.74. The summed E-state index contributed by atoms with van der Waals surface area (Å²) in [5.41, 5.74) is 3.20. The van der Waals surface area contributed by atoms with Gasteiger partial charge in [0.1, 0.15) is 0 Å². The Kier molecular flexibility index (Phi) is 1.87. The summed E-state index contributed by atoms with van der Waals surface area (Å²) in [7, 11) is 2.25. The van der Waals surface area contributed by atoms with E-state index in [1.807, 2.05) is 0 Å². The molecule has 3 rings (SSSR count). The molecule has 1 aliphatic heterocycles. The molecule has 0 radical (unpaired) electrons. The van der Waals surface area contributed by atoms with E-state index < -0.39 is 0 Å². The van der Waals surface area contributed by atoms with E-state index >= 15 is 0 Å². The van der Waals surface area contributed by atoms with Crippen LogP contribution in [0, 0.1) is 0 Å². The minimum atomic E-state index is 0.166. The molecule has 88 valence electrons. The van der Waals surface area contributed by atoms with Gasteiger partial charge in [0.2, 0.25) is 0 Å². The van der Waals surface area contributed by atoms with Crippen molar-refractivity contribution in [2.45, 2.75) is 51.1 Å². The Labute approximate surface area is 97.4 Å². The zero-order chi connectivity index (χ0) is 11.6. The maximum absolute atomic E-state index is 4.78. The summed E-state index contributed by atoms with van der Waals surface area (Å²) in [5.74, 6) is 0. The van der Waals surface area contributed by atoms with Crippen molar-refractivity contribution in [3.63, 3.8) is 0 Å². The Morgan fingerprint density at radius 2 is 1.94 bits per heavy atom. The van der Waals surface area contributed by atoms with Crippen molar-refractivity contribution < 1.29 is 0 Å². The Balaban J connectivity index is 2.07. The second-order valence-electron chi connectivity index (χ2n) is 6.34. The van der Waals surface area contributed by atoms with Crippen LogP contribution in [0.3, 0.4) is 0 Å². The summed E-state index contributed by atoms with van der Waals surface area (Å²) in [6.45, 7) is 8.90. The van der Waals surface area contributed by atoms with E-state index in [-0.39, 0.29) is 5.41 Å². The van der Waals surface area contributed by atoms with E-state index in [1.165, 1.54) is 24.2 Å². The second-order valence-corrected chi connectivity index (χ2v) is 6.34. The first-order chi connectivity index (χ1) is 7.43. The lowest BCUT2D eigenvalue weighted by molar-refractivity contribution is 0.167. The van der Waals surface area contributed by atoms with E-state index in [0.29, 0.717) is 5.54 Å². The van der Waals surface area contributed by atoms with E-state index in [0.717, 1.165) is 13.1 Å². The molecule has 1 saturated carbocycles. The van der Waals surface area contributed by atoms with Gasteiger partial charge in [-0.05, 0) is 26.0 Å². The van der Waals surface area contributed by atoms with Crippen molar-refractivity contribution in [3.05, 3.63) is 17.5 Å². The molecule has 0 unspecified atom stereocenters. The van der Waals surface area contributed by atoms with Gasteiger partial charge >= 0.3 is 0 Å². The molecule has 0 bridgehead atoms. The van der Waals surface area contributed by atoms with E-state index in [1.54, 1.807) is 0 Å². The van der Waals surface area contributed by atoms with Gasteiger partial charge in [-0.3, -0.25) is 9.58 Å². The molecule has 0 N–H and O–H groups in total. The molecule has 0 aromatic carbocycles. The molecule has 1 fully saturated rings. The van der Waals surface area contributed by atoms with E-state index in [9.17, 15) is 0 Å². The maximum Gasteiger partial charge on any atom is 0.0681 e. The first kappa shape index (κ1) is 10.3. The van der Waals surface area contributed by atoms with Crippen LogP contribution < -0.4 is 0 Å². The Hall–Kier alpha value is -0.830. The summed E-state index contributed by atoms with van der Waals surface area (Å²) < 4.78 is 2.24. The van der Waals surface area contributed by atoms with Crippen LogP contribution in [0.15, 0.2) is 6.07 Å². The number of nitrogens with zero attached hydrogens (tertiary/aromatic N) is 3. The summed E-state index contributed by atoms with van der Waals surface area (Å²) in [6.07, 6.45) is 2.61. The van der Waals surface area contributed by atoms with Crippen LogP contribution in [0.5, 0.6) is 0 Å². The highest BCUT2D eigenvalue weighted by Crippen LogP contribution is 2.52. The number of hydrogen-bond acceptors (Lipinski definition) is 2. The van der Waals surface area contributed by atoms with Gasteiger partial charge in [-0.25, -0.2) is 0 Å². The average Bonchev–Trinajstić information content (AvgIpc) is 2.84. The summed E-state index contributed by atoms with van der Waals surface area (Å²) in [4.78, 5) is 2.51. The van der Waals surface area contributed by atoms with Gasteiger partial charge < -0.3 is 0 Å². The van der Waals surface area contributed by atoms with Crippen LogP contribution >= 0.6 is 0 Å². The average molecular weight is 219 g/mol. The molecule has 3 nitrogen and oxygen atoms in total. The third kappa shape index (κ3) is 1.27. The molecular weight excluding hydrogens is 198 g/mol. The smallest absolute Gasteiger partial charge is 0.0681 e. The van der Waals surface area contributed by atoms with E-state index in [2.05, 4.69) is 43.5 Å². The minimum absolute atomic E-state index is 0.166. The van der Waals surface area contributed by atoms with Crippen LogP contribution in [-0.2, 0) is 17.5 Å². The number of fused-ring (bicyclic) bond motifs is 2. The maximum atomic E-state index is 4.78. The molecule has 1 aromatic heterocycles. The number of rotatable bonds is 0. The molecule has 1 aliphatic carbocycles. The predicted molar refractivity (Wildman–Crippen MR) is 64.5 cm³/mol. The SMILES string of the molecule is CN1CCn2nc(C(C)(C)C)cc2C12CC2. The van der Waals surface area contributed by atoms with E-state index in [4.69, 9.17) is 5.10 Å². The second kappa shape index (κ2) is 2.89. The van der Waals surface area contributed by atoms with Crippen molar-refractivity contribution in [1.82, 2.24) is 14.7 Å². The first-order valence-corrected chi connectivity index (χ1v) is 6.23. The molecule has 2 heterocycles. The highest BCUT2D eigenvalue weighted by Gasteiger charge is 2.52. The Morgan fingerprint density at radius 1 is 1.25 bits per heavy atom. The zero-order valence-electron chi connectivity index (χ0n) is 10.7. The lowest BCUT2D eigenvalue weighted by Gasteiger charge is -2.33. The topological polar surface area (TPSA) is 21.1 Å². The molecule has 1 aromatic rings. The highest BCUT2D eigenvalue weighted by molar-refractivity contribution is 5.30. The largest absolute Gasteiger partial charge is 0.293 e. The zero-order valence-corrected chi connectivity index (χ0v) is 10.7. The number of hydrogen-bond donors (Lipinski definition) is 0. The van der Waals surface area contributed by atoms with Gasteiger partial charge in [0.25, 0.3) is 0 Å². The quantitative estimate of drug-likeness (QED) is 0.666. The molecular formula is C13H21N3. The monoisotopic (exact) mass is 219 g/mol. The Morgan fingerprint density at radius 3 is 2.50 bits per heavy atom. The van der Waals surface area contributed by atoms with Gasteiger partial charge in [-0.2, -0.15) is 5.10 Å². The summed E-state index contributed by atoms with van der Waals surface area (Å²) >= 11 is 0. The van der Waals surface area contributed by atoms with Crippen molar-refractivity contribution in [2.24, 2.45) is 0 Å². The third-order valence-electron chi connectivity index (χ3n) is 4.13. The first-order valence-electron chi connectivity index (χ1n) is 6.23. The van der Waals surface area contributed by atoms with Crippen LogP contribution in [0.4, 0.5) is 0 Å². The molecule has 0 saturated heterocycles. The summed E-state index contributed by atoms with van der Waals surface area (Å²) in [5, 5.41) is 4.78. The van der Waals surface area contributed by atoms with Gasteiger partial charge in [0.05, 0.1) is 23.5 Å². The summed E-state index contributed by atoms with van der Waals surface area (Å²) in [6, 6.07) is 2.34. The molecule has 1 spiro atoms. The Bertz CT molecular complexity index is 421. The molecule has 16 heavy (non-hydrogen) atoms. The van der Waals surface area contributed by atoms with Crippen LogP contribution in [0.25, 0.3) is 0 Å². The third-order valence-corrected chi connectivity index (χ3v) is 4.13. The van der Waals surface area contributed by atoms with Gasteiger partial charge in [0.15, 0.2) is 0 Å². The van der Waals surface area contributed by atoms with Crippen LogP contribution in [0.1, 0.15) is 45.0 Å². The lowest BCUT2D eigenvalue weighted by Crippen LogP contribution is -2.41. The molecule has 0 amide bonds. The minimum Gasteiger partial charge on any atom is -0.293 e. The van der Waals surface area contributed by atoms with Gasteiger partial charge in [0, 0.05) is 12.0 Å². The van der Waals surface area contributed by atoms with Crippen LogP contribution in [0.2, 0.25) is 0 Å². The fourth-order valence-electron chi connectivity index (χ4n) is 2.74. The number of likely N-dealkylation sites (N-methyl/N-ethyl adjacent to an activating group) is 1. The van der Waals surface area contributed by atoms with Gasteiger partial charge in [-0.15, -0.1) is 0 Å². The van der Waals surface area contributed by atoms with Gasteiger partial charge in [-0.1, -0.05) is 20.8 Å². The molecule has 0 atom stereocenters. The lowest BCUT2D eigenvalue weighted by atomic mass is 9.91. The number of aromatic nitrogens is 2.